The molecular weight excluding hydrogens is 592 g/mol. The second-order valence-corrected chi connectivity index (χ2v) is 11.8. The molecule has 2 N–H and O–H groups in total. The summed E-state index contributed by atoms with van der Waals surface area (Å²) in [6.45, 7) is 9.30. The van der Waals surface area contributed by atoms with Crippen molar-refractivity contribution in [3.63, 3.8) is 0 Å². The first-order valence-corrected chi connectivity index (χ1v) is 14.7. The maximum atomic E-state index is 12.5. The normalized spacial score (nSPS) is 15.5. The summed E-state index contributed by atoms with van der Waals surface area (Å²) in [7, 11) is 1.62. The number of pyridine rings is 1. The average Bonchev–Trinajstić information content (AvgIpc) is 3.02. The molecule has 0 radical (unpaired) electrons. The van der Waals surface area contributed by atoms with E-state index < -0.39 is 5.60 Å². The van der Waals surface area contributed by atoms with Crippen LogP contribution in [0, 0.1) is 0 Å². The minimum absolute atomic E-state index is 0. The number of anilines is 1. The molecule has 0 saturated carbocycles. The Labute approximate surface area is 269 Å². The van der Waals surface area contributed by atoms with Crippen molar-refractivity contribution >= 4 is 42.2 Å². The van der Waals surface area contributed by atoms with E-state index in [0.717, 1.165) is 34.9 Å². The average molecular weight is 633 g/mol. The van der Waals surface area contributed by atoms with Crippen LogP contribution in [-0.2, 0) is 4.74 Å². The predicted octanol–water partition coefficient (Wildman–Crippen LogP) is 4.95. The molecule has 13 heteroatoms. The summed E-state index contributed by atoms with van der Waals surface area (Å²) in [4.78, 5) is 48.6. The Morgan fingerprint density at radius 2 is 1.87 bits per heavy atom. The molecule has 0 spiro atoms. The molecule has 0 aliphatic carbocycles. The highest BCUT2D eigenvalue weighted by Gasteiger charge is 2.29. The van der Waals surface area contributed by atoms with Gasteiger partial charge in [0, 0.05) is 61.7 Å². The Hall–Kier alpha value is -4.52. The topological polar surface area (TPSA) is 144 Å². The van der Waals surface area contributed by atoms with Crippen molar-refractivity contribution in [3.05, 3.63) is 66.4 Å². The third kappa shape index (κ3) is 8.35. The molecule has 0 bridgehead atoms. The fourth-order valence-electron chi connectivity index (χ4n) is 5.09. The second kappa shape index (κ2) is 14.5. The van der Waals surface area contributed by atoms with Gasteiger partial charge in [0.05, 0.1) is 23.3 Å². The SMILES string of the molecule is CNC(=O)c1ccnc2c([C@H](C)CNc3cc(-c4cnc(OC5CCCN(C(=O)OC(C)(C)C)C5)nc4)ncn3)cccc12.S. The van der Waals surface area contributed by atoms with E-state index in [1.165, 1.54) is 6.33 Å². The number of rotatable bonds is 8. The van der Waals surface area contributed by atoms with Crippen molar-refractivity contribution < 1.29 is 19.1 Å². The van der Waals surface area contributed by atoms with E-state index in [-0.39, 0.29) is 43.5 Å². The minimum atomic E-state index is -0.550. The lowest BCUT2D eigenvalue weighted by molar-refractivity contribution is 0.00660. The Balaban J connectivity index is 0.00000461. The maximum Gasteiger partial charge on any atom is 0.410 e. The summed E-state index contributed by atoms with van der Waals surface area (Å²) in [6, 6.07) is 9.72. The molecule has 5 rings (SSSR count). The lowest BCUT2D eigenvalue weighted by Gasteiger charge is -2.33. The van der Waals surface area contributed by atoms with Gasteiger partial charge in [-0.3, -0.25) is 9.78 Å². The van der Waals surface area contributed by atoms with Gasteiger partial charge in [0.15, 0.2) is 0 Å². The highest BCUT2D eigenvalue weighted by molar-refractivity contribution is 7.59. The van der Waals surface area contributed by atoms with E-state index >= 15 is 0 Å². The Kier molecular flexibility index (Phi) is 10.8. The third-order valence-electron chi connectivity index (χ3n) is 7.29. The summed E-state index contributed by atoms with van der Waals surface area (Å²) in [5.74, 6) is 0.595. The lowest BCUT2D eigenvalue weighted by Crippen LogP contribution is -2.46. The van der Waals surface area contributed by atoms with Gasteiger partial charge in [0.1, 0.15) is 23.9 Å². The molecule has 1 aliphatic heterocycles. The number of nitrogens with one attached hydrogen (secondary N) is 2. The van der Waals surface area contributed by atoms with Gasteiger partial charge in [0.25, 0.3) is 5.91 Å². The maximum absolute atomic E-state index is 12.5. The first-order valence-electron chi connectivity index (χ1n) is 14.7. The highest BCUT2D eigenvalue weighted by Crippen LogP contribution is 2.27. The molecule has 4 aromatic rings. The largest absolute Gasteiger partial charge is 0.458 e. The summed E-state index contributed by atoms with van der Waals surface area (Å²) in [6.07, 6.45) is 7.54. The lowest BCUT2D eigenvalue weighted by atomic mass is 9.96. The number of ether oxygens (including phenoxy) is 2. The van der Waals surface area contributed by atoms with Crippen LogP contribution in [0.1, 0.15) is 62.4 Å². The van der Waals surface area contributed by atoms with Crippen LogP contribution in [0.25, 0.3) is 22.2 Å². The first-order chi connectivity index (χ1) is 21.1. The number of hydrogen-bond acceptors (Lipinski definition) is 10. The van der Waals surface area contributed by atoms with Crippen molar-refractivity contribution in [1.29, 1.82) is 0 Å². The summed E-state index contributed by atoms with van der Waals surface area (Å²) in [5.41, 5.74) is 3.27. The number of piperidine rings is 1. The van der Waals surface area contributed by atoms with E-state index in [1.54, 1.807) is 36.6 Å². The smallest absolute Gasteiger partial charge is 0.410 e. The molecule has 1 fully saturated rings. The molecule has 45 heavy (non-hydrogen) atoms. The molecular formula is C32H40N8O4S. The number of aromatic nitrogens is 5. The fourth-order valence-corrected chi connectivity index (χ4v) is 5.09. The number of fused-ring (bicyclic) bond motifs is 1. The number of amides is 2. The Morgan fingerprint density at radius 1 is 1.09 bits per heavy atom. The zero-order valence-electron chi connectivity index (χ0n) is 26.2. The van der Waals surface area contributed by atoms with Crippen LogP contribution in [0.15, 0.2) is 55.2 Å². The molecule has 2 amide bonds. The zero-order chi connectivity index (χ0) is 31.3. The standard InChI is InChI=1S/C32H38N8O4.H2S/c1-20(23-9-6-10-24-25(29(41)33-5)11-12-34-28(23)24)15-35-27-14-26(38-19-39-27)21-16-36-30(37-17-21)43-22-8-7-13-40(18-22)31(42)44-32(2,3)4;/h6,9-12,14,16-17,19-20,22H,7-8,13,15,18H2,1-5H3,(H,33,41)(H,35,38,39);1H2/t20-,22?;/m1./s1. The van der Waals surface area contributed by atoms with Crippen molar-refractivity contribution in [2.75, 3.05) is 32.0 Å². The van der Waals surface area contributed by atoms with Crippen LogP contribution < -0.4 is 15.4 Å². The zero-order valence-corrected chi connectivity index (χ0v) is 27.2. The van der Waals surface area contributed by atoms with Gasteiger partial charge in [-0.15, -0.1) is 0 Å². The van der Waals surface area contributed by atoms with Gasteiger partial charge in [-0.2, -0.15) is 13.5 Å². The molecule has 12 nitrogen and oxygen atoms in total. The van der Waals surface area contributed by atoms with Crippen LogP contribution in [0.3, 0.4) is 0 Å². The Morgan fingerprint density at radius 3 is 2.60 bits per heavy atom. The number of hydrogen-bond donors (Lipinski definition) is 2. The quantitative estimate of drug-likeness (QED) is 0.274. The van der Waals surface area contributed by atoms with Crippen LogP contribution in [0.4, 0.5) is 10.6 Å². The highest BCUT2D eigenvalue weighted by atomic mass is 32.1. The van der Waals surface area contributed by atoms with Crippen molar-refractivity contribution in [1.82, 2.24) is 35.1 Å². The Bertz CT molecular complexity index is 1630. The number of nitrogens with zero attached hydrogens (tertiary/aromatic N) is 6. The van der Waals surface area contributed by atoms with Crippen LogP contribution in [0.5, 0.6) is 6.01 Å². The molecule has 238 valence electrons. The second-order valence-electron chi connectivity index (χ2n) is 11.8. The summed E-state index contributed by atoms with van der Waals surface area (Å²) < 4.78 is 11.5. The molecule has 2 atom stereocenters. The summed E-state index contributed by atoms with van der Waals surface area (Å²) >= 11 is 0. The van der Waals surface area contributed by atoms with Gasteiger partial charge in [-0.25, -0.2) is 24.7 Å². The van der Waals surface area contributed by atoms with Gasteiger partial charge in [0.2, 0.25) is 0 Å². The number of para-hydroxylation sites is 1. The van der Waals surface area contributed by atoms with Crippen molar-refractivity contribution in [2.45, 2.75) is 58.2 Å². The van der Waals surface area contributed by atoms with Crippen LogP contribution in [-0.4, -0.2) is 80.2 Å². The predicted molar refractivity (Wildman–Crippen MR) is 177 cm³/mol. The number of carbonyl (C=O) groups is 2. The molecule has 1 saturated heterocycles. The van der Waals surface area contributed by atoms with Gasteiger partial charge in [-0.1, -0.05) is 25.1 Å². The van der Waals surface area contributed by atoms with E-state index in [9.17, 15) is 9.59 Å². The first kappa shape index (κ1) is 33.4. The van der Waals surface area contributed by atoms with Crippen LogP contribution >= 0.6 is 13.5 Å². The van der Waals surface area contributed by atoms with Gasteiger partial charge >= 0.3 is 12.1 Å². The van der Waals surface area contributed by atoms with Crippen molar-refractivity contribution in [2.24, 2.45) is 0 Å². The van der Waals surface area contributed by atoms with E-state index in [2.05, 4.69) is 42.5 Å². The number of likely N-dealkylation sites (tertiary alicyclic amines) is 1. The van der Waals surface area contributed by atoms with E-state index in [0.29, 0.717) is 36.7 Å². The van der Waals surface area contributed by atoms with Gasteiger partial charge in [-0.05, 0) is 45.2 Å². The van der Waals surface area contributed by atoms with Crippen molar-refractivity contribution in [3.8, 4) is 17.3 Å². The third-order valence-corrected chi connectivity index (χ3v) is 7.29. The summed E-state index contributed by atoms with van der Waals surface area (Å²) in [5, 5.41) is 6.90. The van der Waals surface area contributed by atoms with Crippen LogP contribution in [0.2, 0.25) is 0 Å². The van der Waals surface area contributed by atoms with E-state index in [1.807, 2.05) is 45.0 Å². The van der Waals surface area contributed by atoms with Gasteiger partial charge < -0.3 is 25.0 Å². The fraction of sp³-hybridized carbons (Fsp3) is 0.406. The molecule has 1 aliphatic rings. The molecule has 1 aromatic carbocycles. The number of benzene rings is 1. The molecule has 1 unspecified atom stereocenters. The minimum Gasteiger partial charge on any atom is -0.458 e. The molecule has 3 aromatic heterocycles. The monoisotopic (exact) mass is 632 g/mol. The van der Waals surface area contributed by atoms with E-state index in [4.69, 9.17) is 9.47 Å². The molecule has 4 heterocycles. The number of carbonyl (C=O) groups excluding carboxylic acids is 2.